The maximum absolute atomic E-state index is 12.4. The van der Waals surface area contributed by atoms with E-state index in [-0.39, 0.29) is 30.6 Å². The molecule has 3 amide bonds. The summed E-state index contributed by atoms with van der Waals surface area (Å²) in [5.41, 5.74) is 3.91. The van der Waals surface area contributed by atoms with Crippen LogP contribution < -0.4 is 10.6 Å². The van der Waals surface area contributed by atoms with E-state index in [4.69, 9.17) is 0 Å². The fourth-order valence-corrected chi connectivity index (χ4v) is 3.13. The highest BCUT2D eigenvalue weighted by atomic mass is 16.2. The lowest BCUT2D eigenvalue weighted by atomic mass is 10.1. The van der Waals surface area contributed by atoms with E-state index in [0.29, 0.717) is 24.3 Å². The number of hydrazone groups is 1. The Kier molecular flexibility index (Phi) is 6.39. The molecule has 0 bridgehead atoms. The van der Waals surface area contributed by atoms with Crippen LogP contribution in [0.1, 0.15) is 37.3 Å². The predicted molar refractivity (Wildman–Crippen MR) is 113 cm³/mol. The van der Waals surface area contributed by atoms with Gasteiger partial charge in [-0.2, -0.15) is 5.10 Å². The van der Waals surface area contributed by atoms with Crippen LogP contribution in [0.3, 0.4) is 0 Å². The summed E-state index contributed by atoms with van der Waals surface area (Å²) in [6, 6.07) is 15.0. The molecule has 2 aromatic rings. The van der Waals surface area contributed by atoms with Gasteiger partial charge in [0.1, 0.15) is 0 Å². The molecule has 29 heavy (non-hydrogen) atoms. The Hall–Kier alpha value is -3.48. The number of carbonyl (C=O) groups excluding carboxylic acids is 3. The summed E-state index contributed by atoms with van der Waals surface area (Å²) in [4.78, 5) is 36.0. The van der Waals surface area contributed by atoms with Gasteiger partial charge in [-0.05, 0) is 30.2 Å². The van der Waals surface area contributed by atoms with Gasteiger partial charge in [0.15, 0.2) is 0 Å². The monoisotopic (exact) mass is 392 g/mol. The van der Waals surface area contributed by atoms with E-state index in [0.717, 1.165) is 16.8 Å². The summed E-state index contributed by atoms with van der Waals surface area (Å²) in [7, 11) is 0. The quantitative estimate of drug-likeness (QED) is 0.790. The highest BCUT2D eigenvalue weighted by Crippen LogP contribution is 2.23. The first kappa shape index (κ1) is 20.3. The average Bonchev–Trinajstić information content (AvgIpc) is 3.20. The minimum Gasteiger partial charge on any atom is -0.326 e. The van der Waals surface area contributed by atoms with Crippen molar-refractivity contribution in [1.29, 1.82) is 0 Å². The number of benzene rings is 2. The van der Waals surface area contributed by atoms with Crippen molar-refractivity contribution in [2.45, 2.75) is 33.1 Å². The van der Waals surface area contributed by atoms with Crippen LogP contribution in [0.25, 0.3) is 0 Å². The van der Waals surface area contributed by atoms with E-state index < -0.39 is 0 Å². The van der Waals surface area contributed by atoms with E-state index >= 15 is 0 Å². The SMILES string of the molecule is CC(=O)Nc1cccc(NC(=O)CCC(=O)N2CCC(c3ccccc3)=N2)c1C. The van der Waals surface area contributed by atoms with Crippen molar-refractivity contribution < 1.29 is 14.4 Å². The van der Waals surface area contributed by atoms with Gasteiger partial charge in [0.25, 0.3) is 0 Å². The van der Waals surface area contributed by atoms with Crippen LogP contribution >= 0.6 is 0 Å². The lowest BCUT2D eigenvalue weighted by Crippen LogP contribution is -2.25. The molecule has 0 unspecified atom stereocenters. The Bertz CT molecular complexity index is 954. The van der Waals surface area contributed by atoms with E-state index in [9.17, 15) is 14.4 Å². The molecule has 0 fully saturated rings. The summed E-state index contributed by atoms with van der Waals surface area (Å²) in [6.45, 7) is 3.78. The number of nitrogens with one attached hydrogen (secondary N) is 2. The lowest BCUT2D eigenvalue weighted by Gasteiger charge is -2.14. The minimum absolute atomic E-state index is 0.0648. The standard InChI is InChI=1S/C22H24N4O3/c1-15-18(23-16(2)27)9-6-10-19(15)24-21(28)11-12-22(29)26-14-13-20(25-26)17-7-4-3-5-8-17/h3-10H,11-14H2,1-2H3,(H,23,27)(H,24,28). The number of nitrogens with zero attached hydrogens (tertiary/aromatic N) is 2. The zero-order valence-corrected chi connectivity index (χ0v) is 16.6. The minimum atomic E-state index is -0.257. The van der Waals surface area contributed by atoms with Gasteiger partial charge in [0.2, 0.25) is 17.7 Å². The first-order chi connectivity index (χ1) is 13.9. The summed E-state index contributed by atoms with van der Waals surface area (Å²) in [6.07, 6.45) is 0.855. The third kappa shape index (κ3) is 5.28. The second-order valence-corrected chi connectivity index (χ2v) is 6.89. The molecule has 0 radical (unpaired) electrons. The topological polar surface area (TPSA) is 90.9 Å². The molecule has 0 aromatic heterocycles. The van der Waals surface area contributed by atoms with Crippen molar-refractivity contribution in [1.82, 2.24) is 5.01 Å². The highest BCUT2D eigenvalue weighted by Gasteiger charge is 2.22. The molecular formula is C22H24N4O3. The zero-order chi connectivity index (χ0) is 20.8. The van der Waals surface area contributed by atoms with Crippen LogP contribution in [0.5, 0.6) is 0 Å². The zero-order valence-electron chi connectivity index (χ0n) is 16.6. The van der Waals surface area contributed by atoms with Gasteiger partial charge in [0.05, 0.1) is 12.3 Å². The Balaban J connectivity index is 1.54. The van der Waals surface area contributed by atoms with E-state index in [2.05, 4.69) is 15.7 Å². The lowest BCUT2D eigenvalue weighted by molar-refractivity contribution is -0.132. The van der Waals surface area contributed by atoms with Crippen LogP contribution in [0, 0.1) is 6.92 Å². The van der Waals surface area contributed by atoms with Gasteiger partial charge < -0.3 is 10.6 Å². The van der Waals surface area contributed by atoms with Gasteiger partial charge in [-0.1, -0.05) is 36.4 Å². The smallest absolute Gasteiger partial charge is 0.243 e. The molecule has 150 valence electrons. The van der Waals surface area contributed by atoms with Crippen molar-refractivity contribution in [3.8, 4) is 0 Å². The molecule has 2 N–H and O–H groups in total. The van der Waals surface area contributed by atoms with E-state index in [1.165, 1.54) is 11.9 Å². The largest absolute Gasteiger partial charge is 0.326 e. The Labute approximate surface area is 169 Å². The van der Waals surface area contributed by atoms with Crippen molar-refractivity contribution in [3.63, 3.8) is 0 Å². The summed E-state index contributed by atoms with van der Waals surface area (Å²) >= 11 is 0. The van der Waals surface area contributed by atoms with E-state index in [1.807, 2.05) is 37.3 Å². The molecule has 0 aliphatic carbocycles. The van der Waals surface area contributed by atoms with Crippen molar-refractivity contribution in [3.05, 3.63) is 59.7 Å². The average molecular weight is 392 g/mol. The van der Waals surface area contributed by atoms with Gasteiger partial charge in [0, 0.05) is 37.6 Å². The first-order valence-electron chi connectivity index (χ1n) is 9.54. The highest BCUT2D eigenvalue weighted by molar-refractivity contribution is 6.03. The molecule has 0 saturated heterocycles. The van der Waals surface area contributed by atoms with Gasteiger partial charge in [-0.15, -0.1) is 0 Å². The van der Waals surface area contributed by atoms with E-state index in [1.54, 1.807) is 18.2 Å². The molecule has 3 rings (SSSR count). The number of hydrogen-bond acceptors (Lipinski definition) is 4. The predicted octanol–water partition coefficient (Wildman–Crippen LogP) is 3.31. The fourth-order valence-electron chi connectivity index (χ4n) is 3.13. The second-order valence-electron chi connectivity index (χ2n) is 6.89. The normalized spacial score (nSPS) is 13.0. The number of amides is 3. The van der Waals surface area contributed by atoms with Crippen LogP contribution in [-0.2, 0) is 14.4 Å². The molecule has 7 heteroatoms. The summed E-state index contributed by atoms with van der Waals surface area (Å²) < 4.78 is 0. The molecular weight excluding hydrogens is 368 g/mol. The number of hydrogen-bond donors (Lipinski definition) is 2. The van der Waals surface area contributed by atoms with Crippen molar-refractivity contribution >= 4 is 34.8 Å². The number of anilines is 2. The molecule has 0 saturated carbocycles. The third-order valence-electron chi connectivity index (χ3n) is 4.68. The second kappa shape index (κ2) is 9.14. The number of rotatable bonds is 6. The molecule has 1 heterocycles. The Morgan fingerprint density at radius 1 is 0.966 bits per heavy atom. The maximum atomic E-state index is 12.4. The molecule has 1 aliphatic heterocycles. The molecule has 1 aliphatic rings. The fraction of sp³-hybridized carbons (Fsp3) is 0.273. The van der Waals surface area contributed by atoms with Gasteiger partial charge >= 0.3 is 0 Å². The van der Waals surface area contributed by atoms with Gasteiger partial charge in [-0.3, -0.25) is 14.4 Å². The van der Waals surface area contributed by atoms with Crippen molar-refractivity contribution in [2.24, 2.45) is 5.10 Å². The Morgan fingerprint density at radius 2 is 1.66 bits per heavy atom. The van der Waals surface area contributed by atoms with Crippen LogP contribution in [0.15, 0.2) is 53.6 Å². The molecule has 0 atom stereocenters. The maximum Gasteiger partial charge on any atom is 0.243 e. The summed E-state index contributed by atoms with van der Waals surface area (Å²) in [5.74, 6) is -0.606. The number of carbonyl (C=O) groups is 3. The summed E-state index contributed by atoms with van der Waals surface area (Å²) in [5, 5.41) is 11.4. The molecule has 2 aromatic carbocycles. The molecule has 0 spiro atoms. The molecule has 7 nitrogen and oxygen atoms in total. The van der Waals surface area contributed by atoms with Crippen LogP contribution in [0.4, 0.5) is 11.4 Å². The van der Waals surface area contributed by atoms with Crippen molar-refractivity contribution in [2.75, 3.05) is 17.2 Å². The first-order valence-corrected chi connectivity index (χ1v) is 9.54. The third-order valence-corrected chi connectivity index (χ3v) is 4.68. The Morgan fingerprint density at radius 3 is 2.34 bits per heavy atom. The van der Waals surface area contributed by atoms with Crippen LogP contribution in [0.2, 0.25) is 0 Å². The van der Waals surface area contributed by atoms with Crippen LogP contribution in [-0.4, -0.2) is 35.0 Å². The van der Waals surface area contributed by atoms with Gasteiger partial charge in [-0.25, -0.2) is 5.01 Å².